The number of non-ortho nitro benzene ring substituents is 1. The van der Waals surface area contributed by atoms with E-state index in [0.29, 0.717) is 17.3 Å². The number of ether oxygens (including phenoxy) is 1. The van der Waals surface area contributed by atoms with Gasteiger partial charge in [0, 0.05) is 30.9 Å². The molecule has 22 heavy (non-hydrogen) atoms. The molecule has 0 spiro atoms. The number of rotatable bonds is 5. The Kier molecular flexibility index (Phi) is 4.90. The van der Waals surface area contributed by atoms with Crippen molar-refractivity contribution in [2.45, 2.75) is 6.92 Å². The van der Waals surface area contributed by atoms with Crippen LogP contribution in [-0.4, -0.2) is 22.4 Å². The Labute approximate surface area is 131 Å². The number of nitro benzene ring substituents is 1. The van der Waals surface area contributed by atoms with Gasteiger partial charge in [0.2, 0.25) is 0 Å². The van der Waals surface area contributed by atoms with E-state index in [1.54, 1.807) is 6.92 Å². The van der Waals surface area contributed by atoms with Crippen LogP contribution in [-0.2, 0) is 0 Å². The average molecular weight is 322 g/mol. The molecule has 0 aliphatic carbocycles. The van der Waals surface area contributed by atoms with E-state index in [2.05, 4.69) is 10.3 Å². The molecular weight excluding hydrogens is 310 g/mol. The number of hydrogen-bond donors (Lipinski definition) is 1. The minimum Gasteiger partial charge on any atom is -0.455 e. The molecule has 0 atom stereocenters. The first kappa shape index (κ1) is 15.7. The number of halogens is 1. The van der Waals surface area contributed by atoms with E-state index in [4.69, 9.17) is 16.3 Å². The number of pyridine rings is 1. The molecule has 7 nitrogen and oxygen atoms in total. The molecule has 0 unspecified atom stereocenters. The maximum atomic E-state index is 12.0. The Balaban J connectivity index is 2.41. The summed E-state index contributed by atoms with van der Waals surface area (Å²) >= 11 is 5.82. The van der Waals surface area contributed by atoms with E-state index in [1.165, 1.54) is 30.6 Å². The van der Waals surface area contributed by atoms with Crippen LogP contribution >= 0.6 is 11.6 Å². The van der Waals surface area contributed by atoms with Crippen molar-refractivity contribution >= 4 is 23.2 Å². The summed E-state index contributed by atoms with van der Waals surface area (Å²) in [4.78, 5) is 26.2. The molecule has 1 aromatic carbocycles. The molecule has 1 heterocycles. The van der Waals surface area contributed by atoms with Crippen LogP contribution in [0.15, 0.2) is 36.7 Å². The first-order valence-electron chi connectivity index (χ1n) is 6.36. The Bertz CT molecular complexity index is 721. The minimum atomic E-state index is -0.576. The number of hydrogen-bond acceptors (Lipinski definition) is 5. The Hall–Kier alpha value is -2.67. The second-order valence-electron chi connectivity index (χ2n) is 4.24. The number of aromatic nitrogens is 1. The van der Waals surface area contributed by atoms with Crippen molar-refractivity contribution in [3.8, 4) is 11.5 Å². The lowest BCUT2D eigenvalue weighted by Crippen LogP contribution is -2.23. The van der Waals surface area contributed by atoms with E-state index >= 15 is 0 Å². The van der Waals surface area contributed by atoms with E-state index in [-0.39, 0.29) is 17.0 Å². The van der Waals surface area contributed by atoms with E-state index in [0.717, 1.165) is 6.07 Å². The van der Waals surface area contributed by atoms with Gasteiger partial charge in [-0.2, -0.15) is 0 Å². The molecule has 1 aromatic heterocycles. The fourth-order valence-corrected chi connectivity index (χ4v) is 1.89. The molecule has 0 bridgehead atoms. The highest BCUT2D eigenvalue weighted by atomic mass is 35.5. The van der Waals surface area contributed by atoms with Gasteiger partial charge in [-0.1, -0.05) is 11.6 Å². The third-order valence-corrected chi connectivity index (χ3v) is 2.87. The van der Waals surface area contributed by atoms with Gasteiger partial charge >= 0.3 is 0 Å². The highest BCUT2D eigenvalue weighted by Gasteiger charge is 2.18. The highest BCUT2D eigenvalue weighted by Crippen LogP contribution is 2.29. The predicted octanol–water partition coefficient (Wildman–Crippen LogP) is 3.19. The summed E-state index contributed by atoms with van der Waals surface area (Å²) in [5.41, 5.74) is -0.131. The van der Waals surface area contributed by atoms with Crippen molar-refractivity contribution in [2.75, 3.05) is 6.54 Å². The van der Waals surface area contributed by atoms with Crippen LogP contribution in [0.25, 0.3) is 0 Å². The molecule has 114 valence electrons. The number of nitrogens with one attached hydrogen (secondary N) is 1. The van der Waals surface area contributed by atoms with E-state index in [1.807, 2.05) is 0 Å². The Morgan fingerprint density at radius 3 is 2.82 bits per heavy atom. The van der Waals surface area contributed by atoms with Crippen molar-refractivity contribution < 1.29 is 14.5 Å². The minimum absolute atomic E-state index is 0.0658. The summed E-state index contributed by atoms with van der Waals surface area (Å²) < 4.78 is 5.56. The maximum Gasteiger partial charge on any atom is 0.270 e. The van der Waals surface area contributed by atoms with Crippen molar-refractivity contribution in [1.82, 2.24) is 10.3 Å². The molecular formula is C14H12ClN3O4. The average Bonchev–Trinajstić information content (AvgIpc) is 2.47. The van der Waals surface area contributed by atoms with Gasteiger partial charge < -0.3 is 10.1 Å². The summed E-state index contributed by atoms with van der Waals surface area (Å²) in [6.07, 6.45) is 2.86. The van der Waals surface area contributed by atoms with E-state index < -0.39 is 10.8 Å². The van der Waals surface area contributed by atoms with Gasteiger partial charge in [-0.15, -0.1) is 0 Å². The number of carbonyl (C=O) groups excluding carboxylic acids is 1. The lowest BCUT2D eigenvalue weighted by Gasteiger charge is -2.10. The van der Waals surface area contributed by atoms with Crippen LogP contribution in [0.2, 0.25) is 5.02 Å². The first-order valence-corrected chi connectivity index (χ1v) is 6.74. The molecule has 0 saturated carbocycles. The second-order valence-corrected chi connectivity index (χ2v) is 4.67. The molecule has 0 saturated heterocycles. The normalized spacial score (nSPS) is 10.1. The van der Waals surface area contributed by atoms with Crippen molar-refractivity contribution in [3.63, 3.8) is 0 Å². The maximum absolute atomic E-state index is 12.0. The quantitative estimate of drug-likeness (QED) is 0.674. The third kappa shape index (κ3) is 3.70. The summed E-state index contributed by atoms with van der Waals surface area (Å²) in [5.74, 6) is 0.0451. The molecule has 1 amide bonds. The Morgan fingerprint density at radius 2 is 2.18 bits per heavy atom. The summed E-state index contributed by atoms with van der Waals surface area (Å²) in [6, 6.07) is 5.31. The van der Waals surface area contributed by atoms with Gasteiger partial charge in [0.1, 0.15) is 11.5 Å². The van der Waals surface area contributed by atoms with Crippen LogP contribution in [0.1, 0.15) is 17.3 Å². The topological polar surface area (TPSA) is 94.4 Å². The summed E-state index contributed by atoms with van der Waals surface area (Å²) in [7, 11) is 0. The van der Waals surface area contributed by atoms with Gasteiger partial charge in [-0.05, 0) is 13.0 Å². The van der Waals surface area contributed by atoms with Crippen molar-refractivity contribution in [1.29, 1.82) is 0 Å². The van der Waals surface area contributed by atoms with Gasteiger partial charge in [-0.3, -0.25) is 19.9 Å². The van der Waals surface area contributed by atoms with Crippen LogP contribution in [0.3, 0.4) is 0 Å². The number of carbonyl (C=O) groups is 1. The molecule has 0 aliphatic heterocycles. The highest BCUT2D eigenvalue weighted by molar-refractivity contribution is 6.30. The standard InChI is InChI=1S/C14H12ClN3O4/c1-2-17-14(19)12-6-10(18(20)21)3-4-13(12)22-11-5-9(15)7-16-8-11/h3-8H,2H2,1H3,(H,17,19). The fourth-order valence-electron chi connectivity index (χ4n) is 1.73. The smallest absolute Gasteiger partial charge is 0.270 e. The molecule has 0 fully saturated rings. The monoisotopic (exact) mass is 321 g/mol. The van der Waals surface area contributed by atoms with Gasteiger partial charge in [0.15, 0.2) is 0 Å². The summed E-state index contributed by atoms with van der Waals surface area (Å²) in [5, 5.41) is 13.8. The van der Waals surface area contributed by atoms with Crippen LogP contribution in [0.5, 0.6) is 11.5 Å². The molecule has 2 aromatic rings. The molecule has 1 N–H and O–H groups in total. The largest absolute Gasteiger partial charge is 0.455 e. The van der Waals surface area contributed by atoms with Gasteiger partial charge in [-0.25, -0.2) is 0 Å². The predicted molar refractivity (Wildman–Crippen MR) is 80.4 cm³/mol. The van der Waals surface area contributed by atoms with Gasteiger partial charge in [0.05, 0.1) is 21.7 Å². The number of amides is 1. The molecule has 0 radical (unpaired) electrons. The number of nitro groups is 1. The first-order chi connectivity index (χ1) is 10.5. The summed E-state index contributed by atoms with van der Waals surface area (Å²) in [6.45, 7) is 2.14. The zero-order chi connectivity index (χ0) is 16.1. The van der Waals surface area contributed by atoms with Crippen LogP contribution in [0, 0.1) is 10.1 Å². The SMILES string of the molecule is CCNC(=O)c1cc([N+](=O)[O-])ccc1Oc1cncc(Cl)c1. The third-order valence-electron chi connectivity index (χ3n) is 2.66. The van der Waals surface area contributed by atoms with Gasteiger partial charge in [0.25, 0.3) is 11.6 Å². The van der Waals surface area contributed by atoms with E-state index in [9.17, 15) is 14.9 Å². The van der Waals surface area contributed by atoms with Crippen LogP contribution < -0.4 is 10.1 Å². The zero-order valence-corrected chi connectivity index (χ0v) is 12.3. The molecule has 0 aliphatic rings. The molecule has 2 rings (SSSR count). The fraction of sp³-hybridized carbons (Fsp3) is 0.143. The van der Waals surface area contributed by atoms with Crippen molar-refractivity contribution in [3.05, 3.63) is 57.4 Å². The Morgan fingerprint density at radius 1 is 1.41 bits per heavy atom. The number of nitrogens with zero attached hydrogens (tertiary/aromatic N) is 2. The number of benzene rings is 1. The second kappa shape index (κ2) is 6.86. The van der Waals surface area contributed by atoms with Crippen LogP contribution in [0.4, 0.5) is 5.69 Å². The van der Waals surface area contributed by atoms with Crippen molar-refractivity contribution in [2.24, 2.45) is 0 Å². The zero-order valence-electron chi connectivity index (χ0n) is 11.6. The lowest BCUT2D eigenvalue weighted by atomic mass is 10.1. The lowest BCUT2D eigenvalue weighted by molar-refractivity contribution is -0.384. The molecule has 8 heteroatoms.